The fourth-order valence-corrected chi connectivity index (χ4v) is 4.95. The molecule has 0 spiro atoms. The lowest BCUT2D eigenvalue weighted by atomic mass is 9.99. The van der Waals surface area contributed by atoms with E-state index >= 15 is 0 Å². The van der Waals surface area contributed by atoms with Crippen molar-refractivity contribution < 1.29 is 28.3 Å². The van der Waals surface area contributed by atoms with Gasteiger partial charge in [-0.25, -0.2) is 8.78 Å². The molecule has 0 saturated heterocycles. The fraction of sp³-hybridized carbons (Fsp3) is 0.344. The Bertz CT molecular complexity index is 1420. The number of fused-ring (bicyclic) bond motifs is 1. The number of aryl methyl sites for hydroxylation is 1. The van der Waals surface area contributed by atoms with Gasteiger partial charge in [-0.3, -0.25) is 19.3 Å². The van der Waals surface area contributed by atoms with Crippen molar-refractivity contribution in [3.05, 3.63) is 106 Å². The number of halogens is 2. The molecule has 7 nitrogen and oxygen atoms in total. The summed E-state index contributed by atoms with van der Waals surface area (Å²) < 4.78 is 27.8. The van der Waals surface area contributed by atoms with E-state index in [0.717, 1.165) is 30.2 Å². The molecule has 3 aromatic carbocycles. The van der Waals surface area contributed by atoms with E-state index in [-0.39, 0.29) is 47.7 Å². The third-order valence-electron chi connectivity index (χ3n) is 7.02. The molecule has 1 heterocycles. The summed E-state index contributed by atoms with van der Waals surface area (Å²) in [6.07, 6.45) is -0.259. The van der Waals surface area contributed by atoms with Gasteiger partial charge < -0.3 is 15.7 Å². The molecule has 3 amide bonds. The number of imide groups is 1. The van der Waals surface area contributed by atoms with Gasteiger partial charge in [0.25, 0.3) is 17.7 Å². The lowest BCUT2D eigenvalue weighted by molar-refractivity contribution is 0.0636. The number of carbonyl (C=O) groups is 3. The first-order valence-electron chi connectivity index (χ1n) is 13.8. The van der Waals surface area contributed by atoms with Gasteiger partial charge >= 0.3 is 0 Å². The zero-order chi connectivity index (χ0) is 29.7. The number of amides is 3. The maximum Gasteiger partial charge on any atom is 0.261 e. The Morgan fingerprint density at radius 2 is 1.59 bits per heavy atom. The van der Waals surface area contributed by atoms with Crippen molar-refractivity contribution >= 4 is 17.7 Å². The molecule has 0 aromatic heterocycles. The van der Waals surface area contributed by atoms with E-state index in [1.807, 2.05) is 32.0 Å². The summed E-state index contributed by atoms with van der Waals surface area (Å²) in [5, 5.41) is 17.0. The first-order chi connectivity index (χ1) is 19.5. The maximum absolute atomic E-state index is 13.9. The third-order valence-corrected chi connectivity index (χ3v) is 7.02. The Kier molecular flexibility index (Phi) is 9.62. The molecule has 1 aliphatic heterocycles. The van der Waals surface area contributed by atoms with E-state index in [1.54, 1.807) is 0 Å². The molecule has 9 heteroatoms. The van der Waals surface area contributed by atoms with E-state index in [9.17, 15) is 28.3 Å². The molecule has 0 saturated carbocycles. The first-order valence-corrected chi connectivity index (χ1v) is 13.8. The van der Waals surface area contributed by atoms with Crippen molar-refractivity contribution in [1.29, 1.82) is 0 Å². The van der Waals surface area contributed by atoms with Crippen LogP contribution in [0, 0.1) is 17.6 Å². The Morgan fingerprint density at radius 1 is 0.902 bits per heavy atom. The minimum atomic E-state index is -1.11. The maximum atomic E-state index is 13.9. The van der Waals surface area contributed by atoms with E-state index < -0.39 is 41.5 Å². The zero-order valence-corrected chi connectivity index (χ0v) is 23.4. The van der Waals surface area contributed by atoms with Crippen molar-refractivity contribution in [2.24, 2.45) is 5.92 Å². The average molecular weight is 564 g/mol. The highest BCUT2D eigenvalue weighted by atomic mass is 19.1. The van der Waals surface area contributed by atoms with E-state index in [1.165, 1.54) is 28.7 Å². The van der Waals surface area contributed by atoms with Crippen LogP contribution in [0.2, 0.25) is 0 Å². The number of nitrogens with zero attached hydrogens (tertiary/aromatic N) is 1. The van der Waals surface area contributed by atoms with Crippen LogP contribution in [-0.4, -0.2) is 53.0 Å². The third kappa shape index (κ3) is 7.42. The smallest absolute Gasteiger partial charge is 0.261 e. The number of hydrogen-bond donors (Lipinski definition) is 3. The Morgan fingerprint density at radius 3 is 2.27 bits per heavy atom. The van der Waals surface area contributed by atoms with Crippen LogP contribution in [0.25, 0.3) is 0 Å². The summed E-state index contributed by atoms with van der Waals surface area (Å²) in [6.45, 7) is 6.71. The molecule has 0 bridgehead atoms. The molecule has 0 fully saturated rings. The van der Waals surface area contributed by atoms with E-state index in [0.29, 0.717) is 6.54 Å². The van der Waals surface area contributed by atoms with Gasteiger partial charge in [0.05, 0.1) is 23.3 Å². The van der Waals surface area contributed by atoms with Crippen LogP contribution >= 0.6 is 0 Å². The highest BCUT2D eigenvalue weighted by molar-refractivity contribution is 6.22. The predicted octanol–water partition coefficient (Wildman–Crippen LogP) is 4.27. The van der Waals surface area contributed by atoms with Crippen molar-refractivity contribution in [2.75, 3.05) is 13.1 Å². The first kappa shape index (κ1) is 30.0. The van der Waals surface area contributed by atoms with Gasteiger partial charge in [-0.15, -0.1) is 0 Å². The van der Waals surface area contributed by atoms with Gasteiger partial charge in [-0.2, -0.15) is 0 Å². The number of rotatable bonds is 12. The number of aliphatic hydroxyl groups is 1. The second-order valence-electron chi connectivity index (χ2n) is 10.8. The lowest BCUT2D eigenvalue weighted by Crippen LogP contribution is -2.48. The van der Waals surface area contributed by atoms with Gasteiger partial charge in [-0.05, 0) is 65.8 Å². The van der Waals surface area contributed by atoms with Crippen LogP contribution in [0.3, 0.4) is 0 Å². The lowest BCUT2D eigenvalue weighted by Gasteiger charge is -2.25. The summed E-state index contributed by atoms with van der Waals surface area (Å²) in [4.78, 5) is 40.0. The quantitative estimate of drug-likeness (QED) is 0.286. The van der Waals surface area contributed by atoms with Crippen molar-refractivity contribution in [1.82, 2.24) is 15.5 Å². The SMILES string of the molecule is CCc1cccc(CNCC(O)C(Cc2cc(F)cc(F)c2)NC(=O)c2ccc3c(c2)C(=O)N(CC(C)C)C3=O)c1. The zero-order valence-electron chi connectivity index (χ0n) is 23.4. The van der Waals surface area contributed by atoms with Gasteiger partial charge in [0.15, 0.2) is 0 Å². The number of hydrogen-bond acceptors (Lipinski definition) is 5. The van der Waals surface area contributed by atoms with Crippen LogP contribution < -0.4 is 10.6 Å². The summed E-state index contributed by atoms with van der Waals surface area (Å²) in [7, 11) is 0. The highest BCUT2D eigenvalue weighted by Gasteiger charge is 2.36. The van der Waals surface area contributed by atoms with Gasteiger partial charge in [0, 0.05) is 31.3 Å². The molecule has 3 aromatic rings. The molecule has 4 rings (SSSR count). The van der Waals surface area contributed by atoms with Crippen LogP contribution in [0.5, 0.6) is 0 Å². The van der Waals surface area contributed by atoms with E-state index in [4.69, 9.17) is 0 Å². The molecule has 1 aliphatic rings. The summed E-state index contributed by atoms with van der Waals surface area (Å²) >= 11 is 0. The topological polar surface area (TPSA) is 98.7 Å². The second kappa shape index (κ2) is 13.1. The summed E-state index contributed by atoms with van der Waals surface area (Å²) in [5.41, 5.74) is 2.99. The molecule has 0 aliphatic carbocycles. The Labute approximate surface area is 238 Å². The Balaban J connectivity index is 1.50. The second-order valence-corrected chi connectivity index (χ2v) is 10.8. The minimum absolute atomic E-state index is 0.0425. The van der Waals surface area contributed by atoms with Crippen LogP contribution in [0.4, 0.5) is 8.78 Å². The molecular weight excluding hydrogens is 528 g/mol. The van der Waals surface area contributed by atoms with E-state index in [2.05, 4.69) is 23.6 Å². The summed E-state index contributed by atoms with van der Waals surface area (Å²) in [6, 6.07) is 14.4. The summed E-state index contributed by atoms with van der Waals surface area (Å²) in [5.74, 6) is -2.90. The number of carbonyl (C=O) groups excluding carboxylic acids is 3. The monoisotopic (exact) mass is 563 g/mol. The van der Waals surface area contributed by atoms with Crippen molar-refractivity contribution in [2.45, 2.75) is 52.3 Å². The van der Waals surface area contributed by atoms with Gasteiger partial charge in [0.1, 0.15) is 11.6 Å². The molecule has 41 heavy (non-hydrogen) atoms. The minimum Gasteiger partial charge on any atom is -0.390 e. The van der Waals surface area contributed by atoms with Gasteiger partial charge in [0.2, 0.25) is 0 Å². The van der Waals surface area contributed by atoms with Gasteiger partial charge in [-0.1, -0.05) is 45.0 Å². The van der Waals surface area contributed by atoms with Crippen LogP contribution in [-0.2, 0) is 19.4 Å². The number of nitrogens with one attached hydrogen (secondary N) is 2. The predicted molar refractivity (Wildman–Crippen MR) is 151 cm³/mol. The average Bonchev–Trinajstić information content (AvgIpc) is 3.16. The molecule has 0 radical (unpaired) electrons. The molecule has 216 valence electrons. The largest absolute Gasteiger partial charge is 0.390 e. The van der Waals surface area contributed by atoms with Crippen LogP contribution in [0.15, 0.2) is 60.7 Å². The number of benzene rings is 3. The number of aliphatic hydroxyl groups excluding tert-OH is 1. The molecule has 2 unspecified atom stereocenters. The fourth-order valence-electron chi connectivity index (χ4n) is 4.95. The standard InChI is InChI=1S/C32H35F2N3O4/c1-4-20-6-5-7-21(10-20)16-35-17-29(38)28(13-22-11-24(33)15-25(34)12-22)36-30(39)23-8-9-26-27(14-23)32(41)37(31(26)40)18-19(2)3/h5-12,14-15,19,28-29,35,38H,4,13,16-18H2,1-3H3,(H,36,39). The highest BCUT2D eigenvalue weighted by Crippen LogP contribution is 2.25. The molecule has 3 N–H and O–H groups in total. The van der Waals surface area contributed by atoms with Crippen molar-refractivity contribution in [3.8, 4) is 0 Å². The van der Waals surface area contributed by atoms with Crippen molar-refractivity contribution in [3.63, 3.8) is 0 Å². The Hall–Kier alpha value is -3.95. The van der Waals surface area contributed by atoms with Crippen LogP contribution in [0.1, 0.15) is 68.5 Å². The molecule has 2 atom stereocenters. The normalized spacial score (nSPS) is 14.4. The molecular formula is C32H35F2N3O4.